The molecule has 0 unspecified atom stereocenters. The van der Waals surface area contributed by atoms with Crippen molar-refractivity contribution >= 4 is 29.0 Å². The van der Waals surface area contributed by atoms with Gasteiger partial charge in [-0.05, 0) is 32.8 Å². The van der Waals surface area contributed by atoms with Gasteiger partial charge in [0.2, 0.25) is 5.91 Å². The molecule has 0 saturated heterocycles. The van der Waals surface area contributed by atoms with Crippen LogP contribution in [0.15, 0.2) is 6.07 Å². The molecule has 0 aromatic carbocycles. The summed E-state index contributed by atoms with van der Waals surface area (Å²) in [6.45, 7) is 7.54. The first-order valence-corrected chi connectivity index (χ1v) is 8.67. The third kappa shape index (κ3) is 4.89. The molecule has 2 N–H and O–H groups in total. The smallest absolute Gasteiger partial charge is 0.311 e. The van der Waals surface area contributed by atoms with Crippen LogP contribution in [0.25, 0.3) is 0 Å². The van der Waals surface area contributed by atoms with Crippen molar-refractivity contribution in [2.45, 2.75) is 53.4 Å². The van der Waals surface area contributed by atoms with E-state index in [4.69, 9.17) is 0 Å². The van der Waals surface area contributed by atoms with Crippen molar-refractivity contribution in [1.82, 2.24) is 5.32 Å². The minimum atomic E-state index is -0.930. The van der Waals surface area contributed by atoms with Crippen LogP contribution in [0.1, 0.15) is 59.6 Å². The Balaban J connectivity index is 2.53. The lowest BCUT2D eigenvalue weighted by atomic mass is 9.82. The number of thiophene rings is 1. The van der Waals surface area contributed by atoms with E-state index in [9.17, 15) is 19.5 Å². The summed E-state index contributed by atoms with van der Waals surface area (Å²) < 4.78 is 0. The molecule has 1 heterocycles. The number of carboxylic acids is 1. The fourth-order valence-electron chi connectivity index (χ4n) is 2.50. The Bertz CT molecular complexity index is 587. The highest BCUT2D eigenvalue weighted by Crippen LogP contribution is 2.26. The van der Waals surface area contributed by atoms with E-state index in [1.165, 1.54) is 0 Å². The maximum atomic E-state index is 12.1. The Hall–Kier alpha value is -1.69. The van der Waals surface area contributed by atoms with Crippen LogP contribution < -0.4 is 5.32 Å². The van der Waals surface area contributed by atoms with E-state index in [2.05, 4.69) is 5.32 Å². The Morgan fingerprint density at radius 1 is 1.17 bits per heavy atom. The van der Waals surface area contributed by atoms with E-state index in [0.29, 0.717) is 18.4 Å². The van der Waals surface area contributed by atoms with E-state index < -0.39 is 11.4 Å². The molecule has 0 radical (unpaired) electrons. The molecule has 0 atom stereocenters. The molecule has 0 aliphatic carbocycles. The summed E-state index contributed by atoms with van der Waals surface area (Å²) >= 11 is 1.57. The van der Waals surface area contributed by atoms with Gasteiger partial charge in [-0.2, -0.15) is 0 Å². The lowest BCUT2D eigenvalue weighted by Crippen LogP contribution is -2.42. The van der Waals surface area contributed by atoms with Crippen LogP contribution in [0.2, 0.25) is 0 Å². The Kier molecular flexibility index (Phi) is 6.94. The number of ketones is 1. The van der Waals surface area contributed by atoms with E-state index >= 15 is 0 Å². The van der Waals surface area contributed by atoms with Crippen molar-refractivity contribution in [2.75, 3.05) is 6.54 Å². The summed E-state index contributed by atoms with van der Waals surface area (Å²) in [5.41, 5.74) is -0.247. The highest BCUT2D eigenvalue weighted by Gasteiger charge is 2.35. The van der Waals surface area contributed by atoms with Gasteiger partial charge in [0.1, 0.15) is 0 Å². The van der Waals surface area contributed by atoms with Gasteiger partial charge in [0.15, 0.2) is 5.78 Å². The summed E-state index contributed by atoms with van der Waals surface area (Å²) in [5, 5.41) is 12.0. The van der Waals surface area contributed by atoms with Gasteiger partial charge in [-0.1, -0.05) is 13.8 Å². The number of Topliss-reactive ketones (excluding diaryl/α,β-unsaturated/α-hetero) is 1. The predicted octanol–water partition coefficient (Wildman–Crippen LogP) is 3.34. The molecule has 0 bridgehead atoms. The molecular formula is C17H25NO4S. The zero-order valence-corrected chi connectivity index (χ0v) is 15.0. The lowest BCUT2D eigenvalue weighted by Gasteiger charge is -2.26. The molecule has 1 aromatic rings. The van der Waals surface area contributed by atoms with Crippen LogP contribution in [0.5, 0.6) is 0 Å². The number of carbonyl (C=O) groups is 3. The number of hydrogen-bond donors (Lipinski definition) is 2. The van der Waals surface area contributed by atoms with Crippen LogP contribution in [0.3, 0.4) is 0 Å². The van der Waals surface area contributed by atoms with Crippen molar-refractivity contribution in [2.24, 2.45) is 5.41 Å². The van der Waals surface area contributed by atoms with Gasteiger partial charge in [-0.3, -0.25) is 14.4 Å². The molecule has 1 rings (SSSR count). The first-order chi connectivity index (χ1) is 10.8. The van der Waals surface area contributed by atoms with Crippen molar-refractivity contribution in [3.8, 4) is 0 Å². The molecule has 5 nitrogen and oxygen atoms in total. The van der Waals surface area contributed by atoms with Gasteiger partial charge in [0.05, 0.1) is 5.41 Å². The van der Waals surface area contributed by atoms with Gasteiger partial charge in [0, 0.05) is 34.7 Å². The molecule has 0 aliphatic rings. The van der Waals surface area contributed by atoms with E-state index in [1.807, 2.05) is 19.9 Å². The Morgan fingerprint density at radius 3 is 2.22 bits per heavy atom. The number of hydrogen-bond acceptors (Lipinski definition) is 4. The minimum Gasteiger partial charge on any atom is -0.481 e. The second-order valence-electron chi connectivity index (χ2n) is 5.82. The Morgan fingerprint density at radius 2 is 1.78 bits per heavy atom. The van der Waals surface area contributed by atoms with Crippen LogP contribution in [-0.2, 0) is 9.59 Å². The van der Waals surface area contributed by atoms with Crippen molar-refractivity contribution < 1.29 is 19.5 Å². The molecule has 23 heavy (non-hydrogen) atoms. The molecule has 0 aliphatic heterocycles. The number of aliphatic carboxylic acids is 1. The van der Waals surface area contributed by atoms with Gasteiger partial charge < -0.3 is 10.4 Å². The molecule has 1 amide bonds. The molecule has 1 aromatic heterocycles. The minimum absolute atomic E-state index is 0.0440. The zero-order valence-electron chi connectivity index (χ0n) is 14.2. The number of nitrogens with one attached hydrogen (secondary N) is 1. The van der Waals surface area contributed by atoms with Crippen LogP contribution >= 0.6 is 11.3 Å². The second kappa shape index (κ2) is 8.24. The fourth-order valence-corrected chi connectivity index (χ4v) is 3.45. The summed E-state index contributed by atoms with van der Waals surface area (Å²) in [6, 6.07) is 1.85. The summed E-state index contributed by atoms with van der Waals surface area (Å²) in [5.74, 6) is -1.23. The zero-order chi connectivity index (χ0) is 17.6. The second-order valence-corrected chi connectivity index (χ2v) is 7.28. The average Bonchev–Trinajstić information content (AvgIpc) is 2.84. The van der Waals surface area contributed by atoms with Crippen LogP contribution in [0.4, 0.5) is 0 Å². The Labute approximate surface area is 141 Å². The lowest BCUT2D eigenvalue weighted by molar-refractivity contribution is -0.149. The first kappa shape index (κ1) is 19.4. The van der Waals surface area contributed by atoms with Gasteiger partial charge in [0.25, 0.3) is 0 Å². The number of rotatable bonds is 9. The third-order valence-electron chi connectivity index (χ3n) is 4.35. The fraction of sp³-hybridized carbons (Fsp3) is 0.588. The van der Waals surface area contributed by atoms with Gasteiger partial charge in [-0.25, -0.2) is 0 Å². The molecule has 0 fully saturated rings. The summed E-state index contributed by atoms with van der Waals surface area (Å²) in [6.07, 6.45) is 1.12. The normalized spacial score (nSPS) is 11.3. The topological polar surface area (TPSA) is 83.5 Å². The highest BCUT2D eigenvalue weighted by atomic mass is 32.1. The summed E-state index contributed by atoms with van der Waals surface area (Å²) in [7, 11) is 0. The standard InChI is InChI=1S/C17H25NO4S/c1-5-17(6-2,16(21)22)10-18-15(20)8-7-14(19)13-9-11(3)23-12(13)4/h9H,5-8,10H2,1-4H3,(H,18,20)(H,21,22). The predicted molar refractivity (Wildman–Crippen MR) is 91.0 cm³/mol. The molecular weight excluding hydrogens is 314 g/mol. The number of amides is 1. The highest BCUT2D eigenvalue weighted by molar-refractivity contribution is 7.12. The van der Waals surface area contributed by atoms with Crippen molar-refractivity contribution in [3.63, 3.8) is 0 Å². The van der Waals surface area contributed by atoms with Crippen molar-refractivity contribution in [1.29, 1.82) is 0 Å². The number of aryl methyl sites for hydroxylation is 2. The molecule has 6 heteroatoms. The first-order valence-electron chi connectivity index (χ1n) is 7.86. The van der Waals surface area contributed by atoms with E-state index in [-0.39, 0.29) is 31.1 Å². The molecule has 0 saturated carbocycles. The van der Waals surface area contributed by atoms with Crippen molar-refractivity contribution in [3.05, 3.63) is 21.4 Å². The monoisotopic (exact) mass is 339 g/mol. The van der Waals surface area contributed by atoms with Gasteiger partial charge >= 0.3 is 5.97 Å². The van der Waals surface area contributed by atoms with E-state index in [0.717, 1.165) is 9.75 Å². The maximum absolute atomic E-state index is 12.1. The number of carboxylic acid groups (broad SMARTS) is 1. The van der Waals surface area contributed by atoms with Crippen LogP contribution in [-0.4, -0.2) is 29.3 Å². The summed E-state index contributed by atoms with van der Waals surface area (Å²) in [4.78, 5) is 37.5. The largest absolute Gasteiger partial charge is 0.481 e. The molecule has 128 valence electrons. The van der Waals surface area contributed by atoms with E-state index in [1.54, 1.807) is 25.2 Å². The van der Waals surface area contributed by atoms with Crippen LogP contribution in [0, 0.1) is 19.3 Å². The number of carbonyl (C=O) groups excluding carboxylic acids is 2. The SMILES string of the molecule is CCC(CC)(CNC(=O)CCC(=O)c1cc(C)sc1C)C(=O)O. The van der Waals surface area contributed by atoms with Gasteiger partial charge in [-0.15, -0.1) is 11.3 Å². The third-order valence-corrected chi connectivity index (χ3v) is 5.32. The quantitative estimate of drug-likeness (QED) is 0.676. The molecule has 0 spiro atoms. The average molecular weight is 339 g/mol. The maximum Gasteiger partial charge on any atom is 0.311 e.